The number of hydrogen-bond acceptors (Lipinski definition) is 3. The topological polar surface area (TPSA) is 71.8 Å². The lowest BCUT2D eigenvalue weighted by molar-refractivity contribution is 0.800. The van der Waals surface area contributed by atoms with Gasteiger partial charge in [-0.1, -0.05) is 0 Å². The van der Waals surface area contributed by atoms with Gasteiger partial charge < -0.3 is 10.7 Å². The molecule has 4 heteroatoms. The molecule has 0 fully saturated rings. The molecule has 0 spiro atoms. The first-order valence-corrected chi connectivity index (χ1v) is 5.07. The van der Waals surface area contributed by atoms with Crippen molar-refractivity contribution in [3.8, 4) is 11.3 Å². The molecule has 0 unspecified atom stereocenters. The number of aromatic nitrogens is 2. The van der Waals surface area contributed by atoms with E-state index in [4.69, 9.17) is 5.73 Å². The highest BCUT2D eigenvalue weighted by Gasteiger charge is 2.06. The van der Waals surface area contributed by atoms with Crippen molar-refractivity contribution in [2.45, 2.75) is 13.0 Å². The van der Waals surface area contributed by atoms with Crippen molar-refractivity contribution in [3.05, 3.63) is 52.6 Å². The molecule has 0 aliphatic heterocycles. The summed E-state index contributed by atoms with van der Waals surface area (Å²) in [4.78, 5) is 18.4. The molecule has 2 aromatic rings. The van der Waals surface area contributed by atoms with E-state index in [1.54, 1.807) is 25.4 Å². The van der Waals surface area contributed by atoms with Crippen LogP contribution in [0.2, 0.25) is 0 Å². The Morgan fingerprint density at radius 2 is 1.94 bits per heavy atom. The van der Waals surface area contributed by atoms with Gasteiger partial charge in [-0.15, -0.1) is 0 Å². The maximum Gasteiger partial charge on any atom is 0.253 e. The number of H-pyrrole nitrogens is 1. The average molecular weight is 215 g/mol. The summed E-state index contributed by atoms with van der Waals surface area (Å²) in [5, 5.41) is 0. The zero-order valence-electron chi connectivity index (χ0n) is 8.97. The summed E-state index contributed by atoms with van der Waals surface area (Å²) in [5.41, 5.74) is 7.84. The summed E-state index contributed by atoms with van der Waals surface area (Å²) in [6.45, 7) is 1.79. The van der Waals surface area contributed by atoms with Crippen LogP contribution in [-0.2, 0) is 0 Å². The minimum atomic E-state index is -0.254. The molecule has 2 rings (SSSR count). The van der Waals surface area contributed by atoms with Gasteiger partial charge in [-0.05, 0) is 31.2 Å². The third-order valence-electron chi connectivity index (χ3n) is 2.42. The maximum atomic E-state index is 11.7. The van der Waals surface area contributed by atoms with Crippen molar-refractivity contribution in [2.75, 3.05) is 0 Å². The summed E-state index contributed by atoms with van der Waals surface area (Å²) in [6, 6.07) is 7.05. The zero-order chi connectivity index (χ0) is 11.5. The zero-order valence-corrected chi connectivity index (χ0v) is 8.97. The van der Waals surface area contributed by atoms with Crippen LogP contribution in [-0.4, -0.2) is 9.97 Å². The van der Waals surface area contributed by atoms with Gasteiger partial charge in [-0.3, -0.25) is 9.78 Å². The van der Waals surface area contributed by atoms with Crippen LogP contribution in [0.5, 0.6) is 0 Å². The van der Waals surface area contributed by atoms with E-state index in [2.05, 4.69) is 9.97 Å². The van der Waals surface area contributed by atoms with Gasteiger partial charge in [0.15, 0.2) is 0 Å². The summed E-state index contributed by atoms with van der Waals surface area (Å²) in [7, 11) is 0. The number of aromatic amines is 1. The van der Waals surface area contributed by atoms with Gasteiger partial charge in [0.2, 0.25) is 0 Å². The van der Waals surface area contributed by atoms with Crippen LogP contribution in [0, 0.1) is 0 Å². The summed E-state index contributed by atoms with van der Waals surface area (Å²) in [5.74, 6) is 0. The standard InChI is InChI=1S/C12H13N3O/c1-8(13)10-2-3-11(15-12(10)16)9-4-6-14-7-5-9/h2-8H,13H2,1H3,(H,15,16)/t8-/m0/s1. The van der Waals surface area contributed by atoms with Gasteiger partial charge in [0, 0.05) is 35.3 Å². The quantitative estimate of drug-likeness (QED) is 0.796. The Hall–Kier alpha value is -1.94. The Labute approximate surface area is 93.2 Å². The van der Waals surface area contributed by atoms with E-state index >= 15 is 0 Å². The second kappa shape index (κ2) is 4.28. The van der Waals surface area contributed by atoms with Gasteiger partial charge in [0.1, 0.15) is 0 Å². The molecule has 3 N–H and O–H groups in total. The average Bonchev–Trinajstić information content (AvgIpc) is 2.29. The predicted octanol–water partition coefficient (Wildman–Crippen LogP) is 1.46. The number of nitrogens with two attached hydrogens (primary N) is 1. The number of nitrogens with zero attached hydrogens (tertiary/aromatic N) is 1. The third kappa shape index (κ3) is 2.01. The molecule has 0 aliphatic rings. The molecule has 1 atom stereocenters. The van der Waals surface area contributed by atoms with E-state index in [0.717, 1.165) is 11.3 Å². The van der Waals surface area contributed by atoms with Gasteiger partial charge in [-0.2, -0.15) is 0 Å². The van der Waals surface area contributed by atoms with Crippen molar-refractivity contribution in [3.63, 3.8) is 0 Å². The molecule has 0 aliphatic carbocycles. The smallest absolute Gasteiger partial charge is 0.253 e. The van der Waals surface area contributed by atoms with Crippen molar-refractivity contribution >= 4 is 0 Å². The normalized spacial score (nSPS) is 12.4. The lowest BCUT2D eigenvalue weighted by Gasteiger charge is -2.06. The third-order valence-corrected chi connectivity index (χ3v) is 2.42. The largest absolute Gasteiger partial charge is 0.324 e. The first kappa shape index (κ1) is 10.6. The number of pyridine rings is 2. The Morgan fingerprint density at radius 1 is 1.25 bits per heavy atom. The fourth-order valence-electron chi connectivity index (χ4n) is 1.54. The minimum absolute atomic E-state index is 0.135. The van der Waals surface area contributed by atoms with Crippen molar-refractivity contribution in [1.29, 1.82) is 0 Å². The van der Waals surface area contributed by atoms with E-state index < -0.39 is 0 Å². The molecule has 4 nitrogen and oxygen atoms in total. The van der Waals surface area contributed by atoms with Crippen LogP contribution in [0.25, 0.3) is 11.3 Å². The number of hydrogen-bond donors (Lipinski definition) is 2. The van der Waals surface area contributed by atoms with Gasteiger partial charge in [0.25, 0.3) is 5.56 Å². The molecule has 2 aromatic heterocycles. The summed E-state index contributed by atoms with van der Waals surface area (Å²) in [6.07, 6.45) is 3.38. The number of nitrogens with one attached hydrogen (secondary N) is 1. The first-order chi connectivity index (χ1) is 7.68. The summed E-state index contributed by atoms with van der Waals surface area (Å²) >= 11 is 0. The van der Waals surface area contributed by atoms with Crippen LogP contribution in [0.4, 0.5) is 0 Å². The minimum Gasteiger partial charge on any atom is -0.324 e. The van der Waals surface area contributed by atoms with Crippen molar-refractivity contribution in [1.82, 2.24) is 9.97 Å². The van der Waals surface area contributed by atoms with E-state index in [1.165, 1.54) is 0 Å². The lowest BCUT2D eigenvalue weighted by Crippen LogP contribution is -2.19. The highest BCUT2D eigenvalue weighted by molar-refractivity contribution is 5.58. The SMILES string of the molecule is C[C@H](N)c1ccc(-c2ccncc2)[nH]c1=O. The van der Waals surface area contributed by atoms with Crippen LogP contribution >= 0.6 is 0 Å². The van der Waals surface area contributed by atoms with Crippen molar-refractivity contribution < 1.29 is 0 Å². The lowest BCUT2D eigenvalue weighted by atomic mass is 10.1. The molecule has 0 aromatic carbocycles. The molecule has 0 bridgehead atoms. The number of rotatable bonds is 2. The van der Waals surface area contributed by atoms with Gasteiger partial charge in [0.05, 0.1) is 0 Å². The highest BCUT2D eigenvalue weighted by atomic mass is 16.1. The molecular weight excluding hydrogens is 202 g/mol. The fourth-order valence-corrected chi connectivity index (χ4v) is 1.54. The van der Waals surface area contributed by atoms with Crippen LogP contribution in [0.1, 0.15) is 18.5 Å². The molecule has 0 radical (unpaired) electrons. The van der Waals surface area contributed by atoms with E-state index in [9.17, 15) is 4.79 Å². The predicted molar refractivity (Wildman–Crippen MR) is 62.9 cm³/mol. The van der Waals surface area contributed by atoms with Crippen LogP contribution in [0.15, 0.2) is 41.5 Å². The Morgan fingerprint density at radius 3 is 2.50 bits per heavy atom. The Bertz CT molecular complexity index is 531. The molecule has 0 amide bonds. The molecule has 0 saturated heterocycles. The molecular formula is C12H13N3O. The Balaban J connectivity index is 2.47. The second-order valence-electron chi connectivity index (χ2n) is 3.68. The molecule has 2 heterocycles. The summed E-state index contributed by atoms with van der Waals surface area (Å²) < 4.78 is 0. The van der Waals surface area contributed by atoms with E-state index in [0.29, 0.717) is 5.56 Å². The highest BCUT2D eigenvalue weighted by Crippen LogP contribution is 2.14. The van der Waals surface area contributed by atoms with Crippen molar-refractivity contribution in [2.24, 2.45) is 5.73 Å². The monoisotopic (exact) mass is 215 g/mol. The second-order valence-corrected chi connectivity index (χ2v) is 3.68. The van der Waals surface area contributed by atoms with Crippen LogP contribution in [0.3, 0.4) is 0 Å². The van der Waals surface area contributed by atoms with Crippen LogP contribution < -0.4 is 11.3 Å². The van der Waals surface area contributed by atoms with Gasteiger partial charge >= 0.3 is 0 Å². The maximum absolute atomic E-state index is 11.7. The molecule has 0 saturated carbocycles. The van der Waals surface area contributed by atoms with Gasteiger partial charge in [-0.25, -0.2) is 0 Å². The fraction of sp³-hybridized carbons (Fsp3) is 0.167. The first-order valence-electron chi connectivity index (χ1n) is 5.07. The van der Waals surface area contributed by atoms with E-state index in [-0.39, 0.29) is 11.6 Å². The molecule has 82 valence electrons. The molecule has 16 heavy (non-hydrogen) atoms. The Kier molecular flexibility index (Phi) is 2.83. The van der Waals surface area contributed by atoms with E-state index in [1.807, 2.05) is 18.2 Å².